The fourth-order valence-electron chi connectivity index (χ4n) is 1.59. The van der Waals surface area contributed by atoms with Crippen LogP contribution < -0.4 is 10.5 Å². The van der Waals surface area contributed by atoms with E-state index in [9.17, 15) is 13.2 Å². The van der Waals surface area contributed by atoms with E-state index in [4.69, 9.17) is 5.73 Å². The van der Waals surface area contributed by atoms with Crippen molar-refractivity contribution < 1.29 is 17.9 Å². The second kappa shape index (κ2) is 5.00. The molecule has 0 bridgehead atoms. The molecule has 2 N–H and O–H groups in total. The maximum absolute atomic E-state index is 12.8. The fraction of sp³-hybridized carbons (Fsp3) is 0.0769. The van der Waals surface area contributed by atoms with Crippen molar-refractivity contribution in [2.75, 3.05) is 5.73 Å². The third kappa shape index (κ3) is 2.74. The largest absolute Gasteiger partial charge is 0.435 e. The zero-order chi connectivity index (χ0) is 13.1. The van der Waals surface area contributed by atoms with Gasteiger partial charge in [0.2, 0.25) is 0 Å². The molecule has 18 heavy (non-hydrogen) atoms. The van der Waals surface area contributed by atoms with Gasteiger partial charge in [0.15, 0.2) is 0 Å². The van der Waals surface area contributed by atoms with Crippen LogP contribution >= 0.6 is 0 Å². The molecule has 0 saturated heterocycles. The second-order valence-corrected chi connectivity index (χ2v) is 3.63. The lowest BCUT2D eigenvalue weighted by Crippen LogP contribution is -2.02. The third-order valence-electron chi connectivity index (χ3n) is 2.41. The van der Waals surface area contributed by atoms with Gasteiger partial charge in [-0.25, -0.2) is 4.39 Å². The monoisotopic (exact) mass is 253 g/mol. The molecule has 2 rings (SSSR count). The Balaban J connectivity index is 2.39. The van der Waals surface area contributed by atoms with Crippen molar-refractivity contribution in [3.8, 4) is 16.9 Å². The molecule has 0 atom stereocenters. The summed E-state index contributed by atoms with van der Waals surface area (Å²) in [5.41, 5.74) is 7.31. The first-order valence-corrected chi connectivity index (χ1v) is 5.16. The maximum Gasteiger partial charge on any atom is 0.387 e. The van der Waals surface area contributed by atoms with Crippen LogP contribution in [0.5, 0.6) is 5.75 Å². The molecule has 2 aromatic carbocycles. The topological polar surface area (TPSA) is 35.2 Å². The molecular weight excluding hydrogens is 243 g/mol. The van der Waals surface area contributed by atoms with Crippen LogP contribution in [0.25, 0.3) is 11.1 Å². The Morgan fingerprint density at radius 1 is 1.00 bits per heavy atom. The smallest absolute Gasteiger partial charge is 0.387 e. The average molecular weight is 253 g/mol. The Kier molecular flexibility index (Phi) is 3.41. The maximum atomic E-state index is 12.8. The summed E-state index contributed by atoms with van der Waals surface area (Å²) < 4.78 is 41.3. The van der Waals surface area contributed by atoms with Crippen LogP contribution in [0.1, 0.15) is 0 Å². The van der Waals surface area contributed by atoms with Crippen molar-refractivity contribution in [1.29, 1.82) is 0 Å². The highest BCUT2D eigenvalue weighted by Gasteiger charge is 2.08. The first kappa shape index (κ1) is 12.3. The van der Waals surface area contributed by atoms with Gasteiger partial charge in [-0.1, -0.05) is 12.1 Å². The number of hydrogen-bond acceptors (Lipinski definition) is 2. The van der Waals surface area contributed by atoms with Gasteiger partial charge < -0.3 is 10.5 Å². The Morgan fingerprint density at radius 3 is 2.28 bits per heavy atom. The minimum absolute atomic E-state index is 0.0125. The number of halogens is 3. The van der Waals surface area contributed by atoms with Gasteiger partial charge in [0.1, 0.15) is 11.6 Å². The van der Waals surface area contributed by atoms with Crippen molar-refractivity contribution in [3.63, 3.8) is 0 Å². The quantitative estimate of drug-likeness (QED) is 0.847. The molecule has 2 aromatic rings. The standard InChI is InChI=1S/C13H10F3NO/c14-9-3-1-8(2-4-9)11-7-10(18-13(15)16)5-6-12(11)17/h1-7,13H,17H2. The van der Waals surface area contributed by atoms with Crippen LogP contribution in [-0.4, -0.2) is 6.61 Å². The van der Waals surface area contributed by atoms with Gasteiger partial charge >= 0.3 is 6.61 Å². The van der Waals surface area contributed by atoms with E-state index in [1.165, 1.54) is 42.5 Å². The number of anilines is 1. The van der Waals surface area contributed by atoms with Gasteiger partial charge in [0.05, 0.1) is 0 Å². The van der Waals surface area contributed by atoms with E-state index in [1.807, 2.05) is 0 Å². The molecule has 0 aliphatic carbocycles. The van der Waals surface area contributed by atoms with Crippen molar-refractivity contribution >= 4 is 5.69 Å². The normalized spacial score (nSPS) is 10.7. The molecule has 5 heteroatoms. The summed E-state index contributed by atoms with van der Waals surface area (Å²) in [5, 5.41) is 0. The van der Waals surface area contributed by atoms with E-state index in [1.54, 1.807) is 0 Å². The Bertz CT molecular complexity index is 540. The summed E-state index contributed by atoms with van der Waals surface area (Å²) in [6.07, 6.45) is 0. The molecular formula is C13H10F3NO. The SMILES string of the molecule is Nc1ccc(OC(F)F)cc1-c1ccc(F)cc1. The molecule has 0 saturated carbocycles. The minimum Gasteiger partial charge on any atom is -0.435 e. The summed E-state index contributed by atoms with van der Waals surface area (Å²) in [6.45, 7) is -2.89. The summed E-state index contributed by atoms with van der Waals surface area (Å²) >= 11 is 0. The number of rotatable bonds is 3. The highest BCUT2D eigenvalue weighted by Crippen LogP contribution is 2.30. The lowest BCUT2D eigenvalue weighted by molar-refractivity contribution is -0.0498. The lowest BCUT2D eigenvalue weighted by Gasteiger charge is -2.09. The second-order valence-electron chi connectivity index (χ2n) is 3.63. The first-order chi connectivity index (χ1) is 8.56. The predicted octanol–water partition coefficient (Wildman–Crippen LogP) is 3.68. The van der Waals surface area contributed by atoms with Gasteiger partial charge in [-0.15, -0.1) is 0 Å². The van der Waals surface area contributed by atoms with Crippen LogP contribution in [0.3, 0.4) is 0 Å². The fourth-order valence-corrected chi connectivity index (χ4v) is 1.59. The molecule has 0 amide bonds. The van der Waals surface area contributed by atoms with Gasteiger partial charge in [0.25, 0.3) is 0 Å². The van der Waals surface area contributed by atoms with Crippen LogP contribution in [0.15, 0.2) is 42.5 Å². The molecule has 0 aromatic heterocycles. The van der Waals surface area contributed by atoms with E-state index in [2.05, 4.69) is 4.74 Å². The van der Waals surface area contributed by atoms with E-state index < -0.39 is 6.61 Å². The summed E-state index contributed by atoms with van der Waals surface area (Å²) in [6, 6.07) is 9.81. The number of nitrogens with two attached hydrogens (primary N) is 1. The highest BCUT2D eigenvalue weighted by molar-refractivity contribution is 5.77. The van der Waals surface area contributed by atoms with Crippen LogP contribution in [0.4, 0.5) is 18.9 Å². The summed E-state index contributed by atoms with van der Waals surface area (Å²) in [7, 11) is 0. The molecule has 0 fully saturated rings. The number of ether oxygens (including phenoxy) is 1. The predicted molar refractivity (Wildman–Crippen MR) is 62.9 cm³/mol. The Morgan fingerprint density at radius 2 is 1.67 bits per heavy atom. The van der Waals surface area contributed by atoms with Crippen molar-refractivity contribution in [1.82, 2.24) is 0 Å². The van der Waals surface area contributed by atoms with Gasteiger partial charge in [-0.05, 0) is 35.9 Å². The lowest BCUT2D eigenvalue weighted by atomic mass is 10.0. The van der Waals surface area contributed by atoms with E-state index >= 15 is 0 Å². The number of alkyl halides is 2. The first-order valence-electron chi connectivity index (χ1n) is 5.16. The van der Waals surface area contributed by atoms with Crippen LogP contribution in [0.2, 0.25) is 0 Å². The van der Waals surface area contributed by atoms with Crippen LogP contribution in [-0.2, 0) is 0 Å². The summed E-state index contributed by atoms with van der Waals surface area (Å²) in [4.78, 5) is 0. The Labute approximate surface area is 102 Å². The molecule has 0 spiro atoms. The number of nitrogen functional groups attached to an aromatic ring is 1. The molecule has 94 valence electrons. The highest BCUT2D eigenvalue weighted by atomic mass is 19.3. The number of hydrogen-bond donors (Lipinski definition) is 1. The van der Waals surface area contributed by atoms with Gasteiger partial charge in [-0.3, -0.25) is 0 Å². The molecule has 0 aliphatic heterocycles. The zero-order valence-corrected chi connectivity index (χ0v) is 9.24. The van der Waals surface area contributed by atoms with Gasteiger partial charge in [-0.2, -0.15) is 8.78 Å². The van der Waals surface area contributed by atoms with Gasteiger partial charge in [0, 0.05) is 11.3 Å². The number of benzene rings is 2. The third-order valence-corrected chi connectivity index (χ3v) is 2.41. The Hall–Kier alpha value is -2.17. The van der Waals surface area contributed by atoms with Crippen molar-refractivity contribution in [2.24, 2.45) is 0 Å². The average Bonchev–Trinajstić information content (AvgIpc) is 2.32. The van der Waals surface area contributed by atoms with Crippen molar-refractivity contribution in [3.05, 3.63) is 48.3 Å². The molecule has 0 unspecified atom stereocenters. The molecule has 0 radical (unpaired) electrons. The van der Waals surface area contributed by atoms with E-state index in [0.717, 1.165) is 0 Å². The minimum atomic E-state index is -2.89. The summed E-state index contributed by atoms with van der Waals surface area (Å²) in [5.74, 6) is -0.365. The zero-order valence-electron chi connectivity index (χ0n) is 9.24. The van der Waals surface area contributed by atoms with Crippen LogP contribution in [0, 0.1) is 5.82 Å². The molecule has 2 nitrogen and oxygen atoms in total. The molecule has 0 heterocycles. The van der Waals surface area contributed by atoms with E-state index in [0.29, 0.717) is 16.8 Å². The van der Waals surface area contributed by atoms with E-state index in [-0.39, 0.29) is 11.6 Å². The van der Waals surface area contributed by atoms with Crippen molar-refractivity contribution in [2.45, 2.75) is 6.61 Å². The molecule has 0 aliphatic rings.